The number of carbonyl (C=O) groups is 1. The lowest BCUT2D eigenvalue weighted by atomic mass is 10.0. The summed E-state index contributed by atoms with van der Waals surface area (Å²) in [5.41, 5.74) is 1.48. The van der Waals surface area contributed by atoms with Crippen LogP contribution in [0.4, 0.5) is 0 Å². The van der Waals surface area contributed by atoms with E-state index in [4.69, 9.17) is 4.42 Å². The summed E-state index contributed by atoms with van der Waals surface area (Å²) in [5, 5.41) is 10.2. The number of para-hydroxylation sites is 1. The summed E-state index contributed by atoms with van der Waals surface area (Å²) >= 11 is 0. The summed E-state index contributed by atoms with van der Waals surface area (Å²) in [5.74, 6) is -0.0286. The van der Waals surface area contributed by atoms with Crippen LogP contribution in [-0.4, -0.2) is 15.9 Å². The fraction of sp³-hybridized carbons (Fsp3) is 0.0667. The van der Waals surface area contributed by atoms with E-state index in [0.717, 1.165) is 10.9 Å². The second-order valence-corrected chi connectivity index (χ2v) is 4.14. The summed E-state index contributed by atoms with van der Waals surface area (Å²) in [6.07, 6.45) is 1.44. The monoisotopic (exact) mass is 253 g/mol. The molecule has 0 fully saturated rings. The molecule has 4 heteroatoms. The molecule has 1 N–H and O–H groups in total. The zero-order valence-corrected chi connectivity index (χ0v) is 10.0. The van der Waals surface area contributed by atoms with Crippen molar-refractivity contribution in [3.8, 4) is 0 Å². The Morgan fingerprint density at radius 1 is 1.21 bits per heavy atom. The van der Waals surface area contributed by atoms with Crippen LogP contribution in [0.3, 0.4) is 0 Å². The lowest BCUT2D eigenvalue weighted by Gasteiger charge is -2.06. The van der Waals surface area contributed by atoms with Crippen molar-refractivity contribution >= 4 is 16.7 Å². The smallest absolute Gasteiger partial charge is 0.230 e. The number of nitrogens with zero attached hydrogens (tertiary/aromatic N) is 1. The van der Waals surface area contributed by atoms with E-state index in [-0.39, 0.29) is 18.2 Å². The number of aromatic nitrogens is 1. The second kappa shape index (κ2) is 4.66. The van der Waals surface area contributed by atoms with E-state index in [2.05, 4.69) is 4.98 Å². The highest BCUT2D eigenvalue weighted by Crippen LogP contribution is 2.20. The summed E-state index contributed by atoms with van der Waals surface area (Å²) in [6.45, 7) is -0.285. The standard InChI is InChI=1S/C15H11NO3/c17-9-13-11(15(18)14-6-3-7-19-14)8-10-4-1-2-5-12(10)16-13/h1-8,17H,9H2. The zero-order valence-electron chi connectivity index (χ0n) is 10.0. The Hall–Kier alpha value is -2.46. The van der Waals surface area contributed by atoms with Gasteiger partial charge in [0.2, 0.25) is 5.78 Å². The van der Waals surface area contributed by atoms with E-state index in [0.29, 0.717) is 11.3 Å². The van der Waals surface area contributed by atoms with Gasteiger partial charge in [-0.25, -0.2) is 4.98 Å². The molecule has 1 aromatic carbocycles. The number of fused-ring (bicyclic) bond motifs is 1. The van der Waals surface area contributed by atoms with Gasteiger partial charge in [0, 0.05) is 5.39 Å². The average Bonchev–Trinajstić information content (AvgIpc) is 2.99. The third-order valence-electron chi connectivity index (χ3n) is 2.94. The van der Waals surface area contributed by atoms with Crippen molar-refractivity contribution in [2.24, 2.45) is 0 Å². The van der Waals surface area contributed by atoms with Crippen LogP contribution in [0.1, 0.15) is 21.8 Å². The number of benzene rings is 1. The molecule has 0 atom stereocenters. The zero-order chi connectivity index (χ0) is 13.2. The highest BCUT2D eigenvalue weighted by molar-refractivity contribution is 6.09. The van der Waals surface area contributed by atoms with E-state index in [9.17, 15) is 9.90 Å². The number of pyridine rings is 1. The first-order chi connectivity index (χ1) is 9.29. The van der Waals surface area contributed by atoms with E-state index >= 15 is 0 Å². The van der Waals surface area contributed by atoms with Gasteiger partial charge in [-0.1, -0.05) is 18.2 Å². The van der Waals surface area contributed by atoms with Crippen LogP contribution >= 0.6 is 0 Å². The van der Waals surface area contributed by atoms with Crippen molar-refractivity contribution in [2.45, 2.75) is 6.61 Å². The van der Waals surface area contributed by atoms with Crippen LogP contribution in [0.2, 0.25) is 0 Å². The van der Waals surface area contributed by atoms with Crippen molar-refractivity contribution in [1.82, 2.24) is 4.98 Å². The molecule has 2 heterocycles. The third kappa shape index (κ3) is 2.02. The maximum atomic E-state index is 12.3. The number of rotatable bonds is 3. The summed E-state index contributed by atoms with van der Waals surface area (Å²) in [6, 6.07) is 12.4. The molecular formula is C15H11NO3. The Morgan fingerprint density at radius 2 is 2.05 bits per heavy atom. The average molecular weight is 253 g/mol. The normalized spacial score (nSPS) is 10.8. The molecule has 3 rings (SSSR count). The summed E-state index contributed by atoms with van der Waals surface area (Å²) in [4.78, 5) is 16.6. The molecule has 0 unspecified atom stereocenters. The molecule has 94 valence electrons. The van der Waals surface area contributed by atoms with E-state index in [1.54, 1.807) is 18.2 Å². The van der Waals surface area contributed by atoms with Gasteiger partial charge in [0.1, 0.15) is 0 Å². The van der Waals surface area contributed by atoms with E-state index < -0.39 is 0 Å². The minimum absolute atomic E-state index is 0.242. The Morgan fingerprint density at radius 3 is 2.79 bits per heavy atom. The van der Waals surface area contributed by atoms with Gasteiger partial charge in [-0.15, -0.1) is 0 Å². The molecule has 0 saturated carbocycles. The molecular weight excluding hydrogens is 242 g/mol. The van der Waals surface area contributed by atoms with E-state index in [1.807, 2.05) is 24.3 Å². The van der Waals surface area contributed by atoms with Gasteiger partial charge in [-0.2, -0.15) is 0 Å². The molecule has 4 nitrogen and oxygen atoms in total. The van der Waals surface area contributed by atoms with Crippen LogP contribution < -0.4 is 0 Å². The second-order valence-electron chi connectivity index (χ2n) is 4.14. The molecule has 19 heavy (non-hydrogen) atoms. The van der Waals surface area contributed by atoms with Gasteiger partial charge < -0.3 is 9.52 Å². The van der Waals surface area contributed by atoms with Gasteiger partial charge in [0.25, 0.3) is 0 Å². The Labute approximate surface area is 109 Å². The molecule has 0 aliphatic rings. The summed E-state index contributed by atoms with van der Waals surface area (Å²) < 4.78 is 5.10. The number of furan rings is 1. The quantitative estimate of drug-likeness (QED) is 0.728. The predicted molar refractivity (Wildman–Crippen MR) is 69.8 cm³/mol. The van der Waals surface area contributed by atoms with Crippen LogP contribution in [0, 0.1) is 0 Å². The first-order valence-corrected chi connectivity index (χ1v) is 5.87. The molecule has 0 bridgehead atoms. The number of hydrogen-bond donors (Lipinski definition) is 1. The molecule has 0 spiro atoms. The minimum Gasteiger partial charge on any atom is -0.461 e. The van der Waals surface area contributed by atoms with Gasteiger partial charge >= 0.3 is 0 Å². The lowest BCUT2D eigenvalue weighted by molar-refractivity contribution is 0.101. The first kappa shape index (κ1) is 11.6. The number of hydrogen-bond acceptors (Lipinski definition) is 4. The Balaban J connectivity index is 2.19. The number of carbonyl (C=O) groups excluding carboxylic acids is 1. The largest absolute Gasteiger partial charge is 0.461 e. The van der Waals surface area contributed by atoms with Crippen molar-refractivity contribution in [3.63, 3.8) is 0 Å². The lowest BCUT2D eigenvalue weighted by Crippen LogP contribution is -2.07. The fourth-order valence-electron chi connectivity index (χ4n) is 2.01. The van der Waals surface area contributed by atoms with Crippen LogP contribution in [-0.2, 0) is 6.61 Å². The predicted octanol–water partition coefficient (Wildman–Crippen LogP) is 2.55. The highest BCUT2D eigenvalue weighted by atomic mass is 16.3. The van der Waals surface area contributed by atoms with Gasteiger partial charge in [-0.3, -0.25) is 4.79 Å². The summed E-state index contributed by atoms with van der Waals surface area (Å²) in [7, 11) is 0. The SMILES string of the molecule is O=C(c1ccco1)c1cc2ccccc2nc1CO. The van der Waals surface area contributed by atoms with Crippen LogP contribution in [0.25, 0.3) is 10.9 Å². The molecule has 0 amide bonds. The molecule has 0 aliphatic heterocycles. The molecule has 0 saturated heterocycles. The van der Waals surface area contributed by atoms with Crippen molar-refractivity contribution in [3.05, 3.63) is 65.7 Å². The first-order valence-electron chi connectivity index (χ1n) is 5.87. The van der Waals surface area contributed by atoms with Gasteiger partial charge in [-0.05, 0) is 24.3 Å². The number of aliphatic hydroxyl groups excluding tert-OH is 1. The van der Waals surface area contributed by atoms with Gasteiger partial charge in [0.15, 0.2) is 5.76 Å². The molecule has 2 aromatic heterocycles. The maximum Gasteiger partial charge on any atom is 0.230 e. The molecule has 0 radical (unpaired) electrons. The van der Waals surface area contributed by atoms with Crippen molar-refractivity contribution < 1.29 is 14.3 Å². The number of aliphatic hydroxyl groups is 1. The minimum atomic E-state index is -0.285. The molecule has 3 aromatic rings. The van der Waals surface area contributed by atoms with Gasteiger partial charge in [0.05, 0.1) is 29.6 Å². The highest BCUT2D eigenvalue weighted by Gasteiger charge is 2.17. The fourth-order valence-corrected chi connectivity index (χ4v) is 2.01. The third-order valence-corrected chi connectivity index (χ3v) is 2.94. The van der Waals surface area contributed by atoms with Crippen LogP contribution in [0.5, 0.6) is 0 Å². The number of ketones is 1. The Kier molecular flexibility index (Phi) is 2.85. The topological polar surface area (TPSA) is 63.3 Å². The van der Waals surface area contributed by atoms with Crippen molar-refractivity contribution in [1.29, 1.82) is 0 Å². The molecule has 0 aliphatic carbocycles. The van der Waals surface area contributed by atoms with E-state index in [1.165, 1.54) is 6.26 Å². The van der Waals surface area contributed by atoms with Crippen molar-refractivity contribution in [2.75, 3.05) is 0 Å². The van der Waals surface area contributed by atoms with Crippen LogP contribution in [0.15, 0.2) is 53.1 Å². The Bertz CT molecular complexity index is 732. The maximum absolute atomic E-state index is 12.3.